The number of likely N-dealkylation sites (tertiary alicyclic amines) is 1. The molecule has 2 aromatic carbocycles. The molecule has 0 spiro atoms. The predicted octanol–water partition coefficient (Wildman–Crippen LogP) is 2.38. The summed E-state index contributed by atoms with van der Waals surface area (Å²) < 4.78 is 0. The minimum absolute atomic E-state index is 0.0385. The molecule has 0 unspecified atom stereocenters. The van der Waals surface area contributed by atoms with Crippen molar-refractivity contribution in [1.82, 2.24) is 0 Å². The summed E-state index contributed by atoms with van der Waals surface area (Å²) in [6.45, 7) is 4.22. The standard InChI is InChI=1S/C21H25N3O3/c1-16-13-19(24(26)27)7-8-20(16)22-21(25)15-23-11-9-18(10-12-23)14-17-5-3-2-4-6-17/h2-8,13,18H,9-12,14-15H2,1H3,(H,22,25)/p+1. The zero-order valence-corrected chi connectivity index (χ0v) is 15.6. The van der Waals surface area contributed by atoms with Crippen molar-refractivity contribution in [3.05, 3.63) is 69.8 Å². The summed E-state index contributed by atoms with van der Waals surface area (Å²) in [5.74, 6) is 0.652. The average Bonchev–Trinajstić information content (AvgIpc) is 2.65. The zero-order chi connectivity index (χ0) is 19.2. The fraction of sp³-hybridized carbons (Fsp3) is 0.381. The maximum absolute atomic E-state index is 12.4. The second-order valence-corrected chi connectivity index (χ2v) is 7.36. The molecule has 0 bridgehead atoms. The van der Waals surface area contributed by atoms with Crippen LogP contribution in [0.1, 0.15) is 24.0 Å². The maximum Gasteiger partial charge on any atom is 0.279 e. The van der Waals surface area contributed by atoms with Gasteiger partial charge in [-0.3, -0.25) is 14.9 Å². The van der Waals surface area contributed by atoms with Gasteiger partial charge in [0.25, 0.3) is 11.6 Å². The van der Waals surface area contributed by atoms with Crippen LogP contribution >= 0.6 is 0 Å². The van der Waals surface area contributed by atoms with Crippen molar-refractivity contribution in [2.24, 2.45) is 5.92 Å². The van der Waals surface area contributed by atoms with E-state index in [0.717, 1.165) is 32.4 Å². The summed E-state index contributed by atoms with van der Waals surface area (Å²) in [6.07, 6.45) is 3.38. The van der Waals surface area contributed by atoms with Crippen LogP contribution in [0, 0.1) is 23.0 Å². The highest BCUT2D eigenvalue weighted by molar-refractivity contribution is 5.92. The lowest BCUT2D eigenvalue weighted by atomic mass is 9.90. The number of piperidine rings is 1. The summed E-state index contributed by atoms with van der Waals surface area (Å²) in [4.78, 5) is 24.0. The van der Waals surface area contributed by atoms with Crippen molar-refractivity contribution in [1.29, 1.82) is 0 Å². The van der Waals surface area contributed by atoms with Gasteiger partial charge in [-0.15, -0.1) is 0 Å². The van der Waals surface area contributed by atoms with Crippen LogP contribution in [0.25, 0.3) is 0 Å². The number of hydrogen-bond acceptors (Lipinski definition) is 3. The number of nitrogens with one attached hydrogen (secondary N) is 2. The third-order valence-electron chi connectivity index (χ3n) is 5.28. The Balaban J connectivity index is 1.46. The third kappa shape index (κ3) is 5.37. The minimum atomic E-state index is -0.428. The summed E-state index contributed by atoms with van der Waals surface area (Å²) in [5.41, 5.74) is 2.77. The number of amides is 1. The number of carbonyl (C=O) groups is 1. The fourth-order valence-electron chi connectivity index (χ4n) is 3.74. The van der Waals surface area contributed by atoms with Crippen molar-refractivity contribution in [2.75, 3.05) is 25.0 Å². The highest BCUT2D eigenvalue weighted by atomic mass is 16.6. The van der Waals surface area contributed by atoms with Crippen LogP contribution in [0.5, 0.6) is 0 Å². The Kier molecular flexibility index (Phi) is 6.19. The highest BCUT2D eigenvalue weighted by Crippen LogP contribution is 2.21. The van der Waals surface area contributed by atoms with E-state index in [-0.39, 0.29) is 11.6 Å². The van der Waals surface area contributed by atoms with Gasteiger partial charge in [0.15, 0.2) is 6.54 Å². The Labute approximate surface area is 159 Å². The van der Waals surface area contributed by atoms with Crippen LogP contribution in [0.15, 0.2) is 48.5 Å². The van der Waals surface area contributed by atoms with E-state index in [1.165, 1.54) is 22.6 Å². The van der Waals surface area contributed by atoms with Crippen LogP contribution in [-0.4, -0.2) is 30.5 Å². The van der Waals surface area contributed by atoms with Gasteiger partial charge in [-0.05, 0) is 49.3 Å². The molecule has 3 rings (SSSR count). The molecule has 2 N–H and O–H groups in total. The summed E-state index contributed by atoms with van der Waals surface area (Å²) in [5, 5.41) is 13.7. The van der Waals surface area contributed by atoms with Gasteiger partial charge in [0.1, 0.15) is 0 Å². The van der Waals surface area contributed by atoms with Gasteiger partial charge in [-0.1, -0.05) is 30.3 Å². The number of nitro benzene ring substituents is 1. The number of hydrogen-bond donors (Lipinski definition) is 2. The van der Waals surface area contributed by atoms with Gasteiger partial charge < -0.3 is 10.2 Å². The number of nitro groups is 1. The quantitative estimate of drug-likeness (QED) is 0.607. The molecule has 6 heteroatoms. The van der Waals surface area contributed by atoms with E-state index >= 15 is 0 Å². The zero-order valence-electron chi connectivity index (χ0n) is 15.6. The Morgan fingerprint density at radius 3 is 2.52 bits per heavy atom. The highest BCUT2D eigenvalue weighted by Gasteiger charge is 2.24. The SMILES string of the molecule is Cc1cc([N+](=O)[O-])ccc1NC(=O)C[NH+]1CCC(Cc2ccccc2)CC1. The molecule has 1 heterocycles. The van der Waals surface area contributed by atoms with Gasteiger partial charge in [0.05, 0.1) is 18.0 Å². The minimum Gasteiger partial charge on any atom is -0.327 e. The van der Waals surface area contributed by atoms with Crippen LogP contribution in [0.2, 0.25) is 0 Å². The van der Waals surface area contributed by atoms with Crippen LogP contribution in [0.4, 0.5) is 11.4 Å². The number of anilines is 1. The number of non-ortho nitro benzene ring substituents is 1. The molecular weight excluding hydrogens is 342 g/mol. The van der Waals surface area contributed by atoms with Crippen molar-refractivity contribution in [3.63, 3.8) is 0 Å². The van der Waals surface area contributed by atoms with Gasteiger partial charge in [-0.25, -0.2) is 0 Å². The molecule has 0 saturated carbocycles. The second kappa shape index (κ2) is 8.77. The molecule has 1 amide bonds. The molecule has 1 fully saturated rings. The molecule has 1 aliphatic heterocycles. The van der Waals surface area contributed by atoms with Crippen molar-refractivity contribution < 1.29 is 14.6 Å². The van der Waals surface area contributed by atoms with Crippen molar-refractivity contribution in [2.45, 2.75) is 26.2 Å². The van der Waals surface area contributed by atoms with E-state index in [1.807, 2.05) is 6.07 Å². The number of aryl methyl sites for hydroxylation is 1. The van der Waals surface area contributed by atoms with Crippen molar-refractivity contribution >= 4 is 17.3 Å². The Bertz CT molecular complexity index is 800. The first-order valence-corrected chi connectivity index (χ1v) is 9.43. The summed E-state index contributed by atoms with van der Waals surface area (Å²) >= 11 is 0. The van der Waals surface area contributed by atoms with E-state index in [2.05, 4.69) is 29.6 Å². The van der Waals surface area contributed by atoms with Crippen LogP contribution in [-0.2, 0) is 11.2 Å². The first-order chi connectivity index (χ1) is 13.0. The van der Waals surface area contributed by atoms with Crippen molar-refractivity contribution in [3.8, 4) is 0 Å². The number of rotatable bonds is 6. The van der Waals surface area contributed by atoms with Crippen LogP contribution in [0.3, 0.4) is 0 Å². The molecule has 0 aliphatic carbocycles. The third-order valence-corrected chi connectivity index (χ3v) is 5.28. The molecule has 1 aliphatic rings. The lowest BCUT2D eigenvalue weighted by Gasteiger charge is -2.29. The van der Waals surface area contributed by atoms with E-state index < -0.39 is 4.92 Å². The molecule has 0 aromatic heterocycles. The summed E-state index contributed by atoms with van der Waals surface area (Å²) in [6, 6.07) is 15.1. The van der Waals surface area contributed by atoms with E-state index in [4.69, 9.17) is 0 Å². The number of nitrogens with zero attached hydrogens (tertiary/aromatic N) is 1. The number of quaternary nitrogens is 1. The Hall–Kier alpha value is -2.73. The normalized spacial score (nSPS) is 19.4. The first kappa shape index (κ1) is 19.0. The Morgan fingerprint density at radius 2 is 1.89 bits per heavy atom. The monoisotopic (exact) mass is 368 g/mol. The lowest BCUT2D eigenvalue weighted by Crippen LogP contribution is -3.14. The molecule has 0 atom stereocenters. The van der Waals surface area contributed by atoms with E-state index in [0.29, 0.717) is 23.7 Å². The maximum atomic E-state index is 12.4. The van der Waals surface area contributed by atoms with Gasteiger partial charge >= 0.3 is 0 Å². The molecule has 1 saturated heterocycles. The predicted molar refractivity (Wildman–Crippen MR) is 105 cm³/mol. The summed E-state index contributed by atoms with van der Waals surface area (Å²) in [7, 11) is 0. The first-order valence-electron chi connectivity index (χ1n) is 9.43. The van der Waals surface area contributed by atoms with Gasteiger partial charge in [-0.2, -0.15) is 0 Å². The lowest BCUT2D eigenvalue weighted by molar-refractivity contribution is -0.898. The molecule has 27 heavy (non-hydrogen) atoms. The van der Waals surface area contributed by atoms with E-state index in [9.17, 15) is 14.9 Å². The fourth-order valence-corrected chi connectivity index (χ4v) is 3.74. The topological polar surface area (TPSA) is 76.7 Å². The smallest absolute Gasteiger partial charge is 0.279 e. The number of carbonyl (C=O) groups excluding carboxylic acids is 1. The molecule has 6 nitrogen and oxygen atoms in total. The van der Waals surface area contributed by atoms with Crippen LogP contribution < -0.4 is 10.2 Å². The second-order valence-electron chi connectivity index (χ2n) is 7.36. The van der Waals surface area contributed by atoms with Gasteiger partial charge in [0.2, 0.25) is 0 Å². The number of benzene rings is 2. The van der Waals surface area contributed by atoms with Gasteiger partial charge in [0, 0.05) is 17.8 Å². The molecule has 142 valence electrons. The molecule has 0 radical (unpaired) electrons. The molecular formula is C21H26N3O3+. The molecule has 2 aromatic rings. The van der Waals surface area contributed by atoms with E-state index in [1.54, 1.807) is 13.0 Å². The average molecular weight is 368 g/mol. The Morgan fingerprint density at radius 1 is 1.19 bits per heavy atom. The largest absolute Gasteiger partial charge is 0.327 e.